The van der Waals surface area contributed by atoms with Crippen LogP contribution in [-0.4, -0.2) is 38.0 Å². The number of Topliss-reactive ketones (excluding diaryl/α,β-unsaturated/α-hetero) is 1. The number of ketones is 1. The van der Waals surface area contributed by atoms with Gasteiger partial charge in [0.2, 0.25) is 0 Å². The van der Waals surface area contributed by atoms with Crippen molar-refractivity contribution in [2.24, 2.45) is 0 Å². The summed E-state index contributed by atoms with van der Waals surface area (Å²) in [6, 6.07) is 10.1. The molecule has 1 saturated heterocycles. The van der Waals surface area contributed by atoms with Gasteiger partial charge < -0.3 is 0 Å². The first kappa shape index (κ1) is 17.4. The molecule has 1 fully saturated rings. The van der Waals surface area contributed by atoms with Crippen LogP contribution < -0.4 is 0 Å². The van der Waals surface area contributed by atoms with Gasteiger partial charge in [-0.15, -0.1) is 0 Å². The van der Waals surface area contributed by atoms with Crippen LogP contribution in [0.5, 0.6) is 0 Å². The number of carbonyl (C=O) groups excluding carboxylic acids is 1. The molecule has 1 heterocycles. The molecule has 22 heavy (non-hydrogen) atoms. The average molecular weight is 322 g/mol. The maximum Gasteiger partial charge on any atom is 0.171 e. The van der Waals surface area contributed by atoms with E-state index in [4.69, 9.17) is 0 Å². The van der Waals surface area contributed by atoms with Crippen molar-refractivity contribution in [2.75, 3.05) is 13.1 Å². The van der Waals surface area contributed by atoms with Crippen molar-refractivity contribution in [3.63, 3.8) is 0 Å². The quantitative estimate of drug-likeness (QED) is 0.774. The Bertz CT molecular complexity index is 524. The summed E-state index contributed by atoms with van der Waals surface area (Å²) >= 11 is 0. The summed E-state index contributed by atoms with van der Waals surface area (Å²) in [6.07, 6.45) is -1.34. The molecule has 0 spiro atoms. The lowest BCUT2D eigenvalue weighted by molar-refractivity contribution is -0.127. The second-order valence-electron chi connectivity index (χ2n) is 8.07. The average Bonchev–Trinajstić information content (AvgIpc) is 2.42. The Morgan fingerprint density at radius 2 is 1.77 bits per heavy atom. The highest BCUT2D eigenvalue weighted by atomic mass is 28.3. The highest BCUT2D eigenvalue weighted by Gasteiger charge is 2.49. The monoisotopic (exact) mass is 321 g/mol. The fourth-order valence-corrected chi connectivity index (χ4v) is 5.69. The van der Waals surface area contributed by atoms with Gasteiger partial charge in [0, 0.05) is 25.2 Å². The summed E-state index contributed by atoms with van der Waals surface area (Å²) in [7, 11) is -1.90. The summed E-state index contributed by atoms with van der Waals surface area (Å²) in [5, 5.41) is 0.0861. The number of piperidine rings is 1. The molecule has 0 saturated carbocycles. The van der Waals surface area contributed by atoms with Crippen molar-refractivity contribution in [1.29, 1.82) is 0 Å². The third kappa shape index (κ3) is 3.49. The van der Waals surface area contributed by atoms with Crippen molar-refractivity contribution in [1.82, 2.24) is 4.90 Å². The molecular formula is C18H28FNOSi. The second kappa shape index (κ2) is 6.24. The molecule has 1 aromatic carbocycles. The van der Waals surface area contributed by atoms with Gasteiger partial charge in [-0.25, -0.2) is 4.39 Å². The van der Waals surface area contributed by atoms with Crippen molar-refractivity contribution in [2.45, 2.75) is 57.2 Å². The van der Waals surface area contributed by atoms with Crippen LogP contribution in [0.3, 0.4) is 0 Å². The normalized spacial score (nSPS) is 24.5. The van der Waals surface area contributed by atoms with Gasteiger partial charge in [0.25, 0.3) is 0 Å². The molecule has 1 aromatic rings. The third-order valence-electron chi connectivity index (χ3n) is 5.56. The molecule has 0 aromatic heterocycles. The SMILES string of the molecule is CC(C)(C)[Si](C)(C)[C@@H]1CN(Cc2ccccc2)C[C@@H](F)C1=O. The zero-order valence-electron chi connectivity index (χ0n) is 14.4. The highest BCUT2D eigenvalue weighted by molar-refractivity contribution is 6.84. The van der Waals surface area contributed by atoms with Crippen LogP contribution in [0.1, 0.15) is 26.3 Å². The van der Waals surface area contributed by atoms with E-state index in [9.17, 15) is 9.18 Å². The van der Waals surface area contributed by atoms with E-state index in [1.165, 1.54) is 5.56 Å². The minimum Gasteiger partial charge on any atom is -0.296 e. The molecule has 0 N–H and O–H groups in total. The van der Waals surface area contributed by atoms with Gasteiger partial charge in [0.1, 0.15) is 0 Å². The predicted octanol–water partition coefficient (Wildman–Crippen LogP) is 4.29. The van der Waals surface area contributed by atoms with Crippen LogP contribution in [0.2, 0.25) is 23.7 Å². The van der Waals surface area contributed by atoms with E-state index in [0.717, 1.165) is 6.54 Å². The van der Waals surface area contributed by atoms with E-state index < -0.39 is 14.2 Å². The molecule has 0 bridgehead atoms. The summed E-state index contributed by atoms with van der Waals surface area (Å²) in [5.41, 5.74) is 1.05. The van der Waals surface area contributed by atoms with E-state index in [-0.39, 0.29) is 22.9 Å². The van der Waals surface area contributed by atoms with Gasteiger partial charge in [-0.2, -0.15) is 0 Å². The summed E-state index contributed by atoms with van der Waals surface area (Å²) < 4.78 is 14.3. The summed E-state index contributed by atoms with van der Waals surface area (Å²) in [5.74, 6) is -0.157. The van der Waals surface area contributed by atoms with Crippen molar-refractivity contribution >= 4 is 13.9 Å². The Balaban J connectivity index is 2.19. The van der Waals surface area contributed by atoms with Gasteiger partial charge >= 0.3 is 0 Å². The van der Waals surface area contributed by atoms with E-state index in [0.29, 0.717) is 6.54 Å². The molecule has 2 atom stereocenters. The fraction of sp³-hybridized carbons (Fsp3) is 0.611. The largest absolute Gasteiger partial charge is 0.296 e. The standard InChI is InChI=1S/C18H28FNOSi/c1-18(2,3)22(4,5)16-13-20(12-15(19)17(16)21)11-14-9-7-6-8-10-14/h6-10,15-16H,11-13H2,1-5H3/t15-,16-/m1/s1. The maximum atomic E-state index is 14.3. The first-order chi connectivity index (χ1) is 10.1. The Hall–Kier alpha value is -1.00. The van der Waals surface area contributed by atoms with Gasteiger partial charge in [-0.3, -0.25) is 9.69 Å². The van der Waals surface area contributed by atoms with Gasteiger partial charge in [0.05, 0.1) is 8.07 Å². The number of hydrogen-bond acceptors (Lipinski definition) is 2. The highest BCUT2D eigenvalue weighted by Crippen LogP contribution is 2.46. The fourth-order valence-electron chi connectivity index (χ4n) is 3.03. The molecule has 122 valence electrons. The number of carbonyl (C=O) groups is 1. The lowest BCUT2D eigenvalue weighted by Crippen LogP contribution is -2.56. The smallest absolute Gasteiger partial charge is 0.171 e. The Kier molecular flexibility index (Phi) is 4.92. The number of rotatable bonds is 3. The number of nitrogens with zero attached hydrogens (tertiary/aromatic N) is 1. The Labute approximate surface area is 134 Å². The maximum absolute atomic E-state index is 14.3. The number of benzene rings is 1. The molecule has 1 aliphatic rings. The van der Waals surface area contributed by atoms with E-state index in [2.05, 4.69) is 50.9 Å². The molecule has 4 heteroatoms. The van der Waals surface area contributed by atoms with Crippen LogP contribution >= 0.6 is 0 Å². The zero-order valence-corrected chi connectivity index (χ0v) is 15.4. The Morgan fingerprint density at radius 1 is 1.18 bits per heavy atom. The topological polar surface area (TPSA) is 20.3 Å². The number of alkyl halides is 1. The van der Waals surface area contributed by atoms with Crippen LogP contribution in [-0.2, 0) is 11.3 Å². The van der Waals surface area contributed by atoms with Gasteiger partial charge in [0.15, 0.2) is 12.0 Å². The van der Waals surface area contributed by atoms with Crippen molar-refractivity contribution in [3.8, 4) is 0 Å². The molecule has 1 aliphatic heterocycles. The Morgan fingerprint density at radius 3 is 2.32 bits per heavy atom. The predicted molar refractivity (Wildman–Crippen MR) is 92.6 cm³/mol. The van der Waals surface area contributed by atoms with Gasteiger partial charge in [-0.1, -0.05) is 64.2 Å². The minimum absolute atomic E-state index is 0.0861. The lowest BCUT2D eigenvalue weighted by atomic mass is 10.1. The molecule has 0 radical (unpaired) electrons. The summed E-state index contributed by atoms with van der Waals surface area (Å²) in [6.45, 7) is 12.7. The van der Waals surface area contributed by atoms with E-state index >= 15 is 0 Å². The molecular weight excluding hydrogens is 293 g/mol. The van der Waals surface area contributed by atoms with Crippen molar-refractivity contribution in [3.05, 3.63) is 35.9 Å². The third-order valence-corrected chi connectivity index (χ3v) is 11.6. The first-order valence-corrected chi connectivity index (χ1v) is 11.1. The lowest BCUT2D eigenvalue weighted by Gasteiger charge is -2.47. The molecule has 0 amide bonds. The van der Waals surface area contributed by atoms with E-state index in [1.54, 1.807) is 0 Å². The number of likely N-dealkylation sites (tertiary alicyclic amines) is 1. The van der Waals surface area contributed by atoms with Crippen LogP contribution in [0.25, 0.3) is 0 Å². The second-order valence-corrected chi connectivity index (χ2v) is 13.7. The molecule has 2 nitrogen and oxygen atoms in total. The molecule has 2 rings (SSSR count). The minimum atomic E-state index is -1.90. The van der Waals surface area contributed by atoms with Crippen molar-refractivity contribution < 1.29 is 9.18 Å². The molecule has 0 unspecified atom stereocenters. The number of hydrogen-bond donors (Lipinski definition) is 0. The van der Waals surface area contributed by atoms with Crippen LogP contribution in [0.15, 0.2) is 30.3 Å². The number of halogens is 1. The van der Waals surface area contributed by atoms with Gasteiger partial charge in [-0.05, 0) is 10.6 Å². The molecule has 0 aliphatic carbocycles. The zero-order chi connectivity index (χ0) is 16.5. The first-order valence-electron chi connectivity index (χ1n) is 8.07. The van der Waals surface area contributed by atoms with Crippen LogP contribution in [0.4, 0.5) is 4.39 Å². The van der Waals surface area contributed by atoms with E-state index in [1.807, 2.05) is 18.2 Å². The summed E-state index contributed by atoms with van der Waals surface area (Å²) in [4.78, 5) is 14.6. The van der Waals surface area contributed by atoms with Crippen LogP contribution in [0, 0.1) is 0 Å².